The number of morpholine rings is 1. The SMILES string of the molecule is CCOC(=O)c1c(NC(=O)[C@@H](C)N2CCOCC2)sc2c1CC[C@H](C)C2. The van der Waals surface area contributed by atoms with Crippen molar-refractivity contribution in [3.63, 3.8) is 0 Å². The summed E-state index contributed by atoms with van der Waals surface area (Å²) >= 11 is 1.54. The van der Waals surface area contributed by atoms with Gasteiger partial charge in [-0.2, -0.15) is 0 Å². The first-order valence-corrected chi connectivity index (χ1v) is 10.3. The van der Waals surface area contributed by atoms with Crippen LogP contribution in [0, 0.1) is 5.92 Å². The van der Waals surface area contributed by atoms with Crippen LogP contribution in [0.15, 0.2) is 0 Å². The standard InChI is InChI=1S/C19H28N2O4S/c1-4-25-19(23)16-14-6-5-12(2)11-15(14)26-18(16)20-17(22)13(3)21-7-9-24-10-8-21/h12-13H,4-11H2,1-3H3,(H,20,22)/t12-,13+/m0/s1. The lowest BCUT2D eigenvalue weighted by molar-refractivity contribution is -0.122. The van der Waals surface area contributed by atoms with E-state index in [-0.39, 0.29) is 17.9 Å². The van der Waals surface area contributed by atoms with E-state index < -0.39 is 0 Å². The van der Waals surface area contributed by atoms with E-state index in [9.17, 15) is 9.59 Å². The van der Waals surface area contributed by atoms with Gasteiger partial charge in [-0.15, -0.1) is 11.3 Å². The van der Waals surface area contributed by atoms with Crippen LogP contribution in [0.2, 0.25) is 0 Å². The third kappa shape index (κ3) is 4.10. The van der Waals surface area contributed by atoms with E-state index in [1.807, 2.05) is 6.92 Å². The zero-order valence-corrected chi connectivity index (χ0v) is 16.6. The van der Waals surface area contributed by atoms with Crippen LogP contribution in [-0.4, -0.2) is 55.7 Å². The fourth-order valence-corrected chi connectivity index (χ4v) is 5.01. The second kappa shape index (κ2) is 8.50. The van der Waals surface area contributed by atoms with Gasteiger partial charge in [0.15, 0.2) is 0 Å². The molecule has 7 heteroatoms. The Bertz CT molecular complexity index is 667. The second-order valence-electron chi connectivity index (χ2n) is 7.09. The Kier molecular flexibility index (Phi) is 6.32. The molecule has 0 aromatic carbocycles. The fourth-order valence-electron chi connectivity index (χ4n) is 3.60. The Labute approximate surface area is 158 Å². The molecule has 144 valence electrons. The number of hydrogen-bond acceptors (Lipinski definition) is 6. The van der Waals surface area contributed by atoms with Crippen LogP contribution >= 0.6 is 11.3 Å². The highest BCUT2D eigenvalue weighted by Gasteiger charge is 2.31. The Morgan fingerprint density at radius 1 is 1.38 bits per heavy atom. The summed E-state index contributed by atoms with van der Waals surface area (Å²) in [5, 5.41) is 3.66. The van der Waals surface area contributed by atoms with Gasteiger partial charge in [0.1, 0.15) is 5.00 Å². The monoisotopic (exact) mass is 380 g/mol. The van der Waals surface area contributed by atoms with Gasteiger partial charge in [-0.3, -0.25) is 9.69 Å². The lowest BCUT2D eigenvalue weighted by Gasteiger charge is -2.31. The third-order valence-electron chi connectivity index (χ3n) is 5.20. The van der Waals surface area contributed by atoms with Crippen LogP contribution in [-0.2, 0) is 27.1 Å². The van der Waals surface area contributed by atoms with Gasteiger partial charge in [0.05, 0.1) is 31.4 Å². The molecule has 1 fully saturated rings. The Morgan fingerprint density at radius 2 is 2.12 bits per heavy atom. The summed E-state index contributed by atoms with van der Waals surface area (Å²) in [6, 6.07) is -0.257. The normalized spacial score (nSPS) is 21.7. The van der Waals surface area contributed by atoms with Gasteiger partial charge in [0, 0.05) is 18.0 Å². The van der Waals surface area contributed by atoms with E-state index in [1.165, 1.54) is 16.2 Å². The predicted molar refractivity (Wildman–Crippen MR) is 102 cm³/mol. The number of esters is 1. The molecule has 0 radical (unpaired) electrons. The van der Waals surface area contributed by atoms with Crippen molar-refractivity contribution < 1.29 is 19.1 Å². The van der Waals surface area contributed by atoms with Gasteiger partial charge in [-0.1, -0.05) is 6.92 Å². The zero-order valence-electron chi connectivity index (χ0n) is 15.8. The molecule has 26 heavy (non-hydrogen) atoms. The number of nitrogens with one attached hydrogen (secondary N) is 1. The highest BCUT2D eigenvalue weighted by molar-refractivity contribution is 7.17. The molecule has 1 amide bonds. The Morgan fingerprint density at radius 3 is 2.81 bits per heavy atom. The Hall–Kier alpha value is -1.44. The first-order valence-electron chi connectivity index (χ1n) is 9.45. The quantitative estimate of drug-likeness (QED) is 0.796. The third-order valence-corrected chi connectivity index (χ3v) is 6.37. The maximum atomic E-state index is 12.8. The van der Waals surface area contributed by atoms with Gasteiger partial charge in [-0.05, 0) is 44.6 Å². The van der Waals surface area contributed by atoms with E-state index >= 15 is 0 Å². The van der Waals surface area contributed by atoms with Crippen molar-refractivity contribution in [1.29, 1.82) is 0 Å². The summed E-state index contributed by atoms with van der Waals surface area (Å²) < 4.78 is 10.6. The summed E-state index contributed by atoms with van der Waals surface area (Å²) in [6.07, 6.45) is 2.89. The predicted octanol–water partition coefficient (Wildman–Crippen LogP) is 2.71. The molecule has 1 N–H and O–H groups in total. The van der Waals surface area contributed by atoms with Crippen molar-refractivity contribution in [3.05, 3.63) is 16.0 Å². The number of amides is 1. The number of rotatable bonds is 5. The lowest BCUT2D eigenvalue weighted by Crippen LogP contribution is -2.47. The number of carbonyl (C=O) groups excluding carboxylic acids is 2. The highest BCUT2D eigenvalue weighted by atomic mass is 32.1. The van der Waals surface area contributed by atoms with Crippen LogP contribution in [0.1, 0.15) is 48.0 Å². The average Bonchev–Trinajstić information content (AvgIpc) is 2.98. The van der Waals surface area contributed by atoms with Crippen molar-refractivity contribution in [2.24, 2.45) is 5.92 Å². The molecule has 6 nitrogen and oxygen atoms in total. The molecule has 1 aliphatic heterocycles. The van der Waals surface area contributed by atoms with Gasteiger partial charge in [-0.25, -0.2) is 4.79 Å². The molecule has 0 bridgehead atoms. The van der Waals surface area contributed by atoms with Crippen LogP contribution in [0.5, 0.6) is 0 Å². The summed E-state index contributed by atoms with van der Waals surface area (Å²) in [6.45, 7) is 9.06. The zero-order chi connectivity index (χ0) is 18.7. The summed E-state index contributed by atoms with van der Waals surface area (Å²) in [5.41, 5.74) is 1.64. The number of nitrogens with zero attached hydrogens (tertiary/aromatic N) is 1. The van der Waals surface area contributed by atoms with Crippen molar-refractivity contribution in [3.8, 4) is 0 Å². The van der Waals surface area contributed by atoms with Crippen molar-refractivity contribution in [2.45, 2.75) is 46.1 Å². The van der Waals surface area contributed by atoms with E-state index in [0.29, 0.717) is 36.3 Å². The van der Waals surface area contributed by atoms with Crippen molar-refractivity contribution in [2.75, 3.05) is 38.2 Å². The molecule has 1 aliphatic carbocycles. The van der Waals surface area contributed by atoms with E-state index in [1.54, 1.807) is 6.92 Å². The van der Waals surface area contributed by atoms with Gasteiger partial charge in [0.2, 0.25) is 5.91 Å². The van der Waals surface area contributed by atoms with E-state index in [4.69, 9.17) is 9.47 Å². The van der Waals surface area contributed by atoms with Gasteiger partial charge >= 0.3 is 5.97 Å². The van der Waals surface area contributed by atoms with E-state index in [2.05, 4.69) is 17.1 Å². The van der Waals surface area contributed by atoms with Crippen LogP contribution in [0.4, 0.5) is 5.00 Å². The topological polar surface area (TPSA) is 67.9 Å². The molecule has 0 unspecified atom stereocenters. The van der Waals surface area contributed by atoms with Gasteiger partial charge < -0.3 is 14.8 Å². The summed E-state index contributed by atoms with van der Waals surface area (Å²) in [4.78, 5) is 28.6. The largest absolute Gasteiger partial charge is 0.462 e. The van der Waals surface area contributed by atoms with Crippen LogP contribution in [0.3, 0.4) is 0 Å². The fraction of sp³-hybridized carbons (Fsp3) is 0.684. The molecule has 3 rings (SSSR count). The lowest BCUT2D eigenvalue weighted by atomic mass is 9.88. The molecule has 0 spiro atoms. The number of carbonyl (C=O) groups is 2. The molecular formula is C19H28N2O4S. The minimum Gasteiger partial charge on any atom is -0.462 e. The summed E-state index contributed by atoms with van der Waals surface area (Å²) in [7, 11) is 0. The maximum absolute atomic E-state index is 12.8. The first-order chi connectivity index (χ1) is 12.5. The molecule has 1 aromatic heterocycles. The highest BCUT2D eigenvalue weighted by Crippen LogP contribution is 2.40. The molecule has 1 aromatic rings. The smallest absolute Gasteiger partial charge is 0.341 e. The second-order valence-corrected chi connectivity index (χ2v) is 8.20. The number of anilines is 1. The van der Waals surface area contributed by atoms with Crippen LogP contribution < -0.4 is 5.32 Å². The number of ether oxygens (including phenoxy) is 2. The number of fused-ring (bicyclic) bond motifs is 1. The molecule has 2 atom stereocenters. The minimum atomic E-state index is -0.325. The Balaban J connectivity index is 1.81. The van der Waals surface area contributed by atoms with E-state index in [0.717, 1.165) is 37.9 Å². The molecule has 2 aliphatic rings. The molecule has 0 saturated carbocycles. The van der Waals surface area contributed by atoms with Crippen molar-refractivity contribution >= 4 is 28.2 Å². The average molecular weight is 381 g/mol. The minimum absolute atomic E-state index is 0.0795. The van der Waals surface area contributed by atoms with Gasteiger partial charge in [0.25, 0.3) is 0 Å². The van der Waals surface area contributed by atoms with Crippen LogP contribution in [0.25, 0.3) is 0 Å². The molecule has 1 saturated heterocycles. The number of thiophene rings is 1. The molecular weight excluding hydrogens is 352 g/mol. The number of hydrogen-bond donors (Lipinski definition) is 1. The first kappa shape index (κ1) is 19.3. The molecule has 2 heterocycles. The summed E-state index contributed by atoms with van der Waals surface area (Å²) in [5.74, 6) is 0.199. The maximum Gasteiger partial charge on any atom is 0.341 e. The van der Waals surface area contributed by atoms with Crippen molar-refractivity contribution in [1.82, 2.24) is 4.90 Å².